The monoisotopic (exact) mass is 258 g/mol. The van der Waals surface area contributed by atoms with E-state index in [1.54, 1.807) is 0 Å². The van der Waals surface area contributed by atoms with Crippen LogP contribution in [0.1, 0.15) is 18.2 Å². The molecular weight excluding hydrogens is 244 g/mol. The molecule has 8 heteroatoms. The summed E-state index contributed by atoms with van der Waals surface area (Å²) in [6.07, 6.45) is 2.93. The zero-order valence-electron chi connectivity index (χ0n) is 10.8. The van der Waals surface area contributed by atoms with E-state index in [0.29, 0.717) is 12.2 Å². The second-order valence-corrected chi connectivity index (χ2v) is 4.23. The normalized spacial score (nSPS) is 11.1. The van der Waals surface area contributed by atoms with Crippen molar-refractivity contribution < 1.29 is 0 Å². The first-order chi connectivity index (χ1) is 9.26. The molecule has 3 heterocycles. The van der Waals surface area contributed by atoms with Crippen molar-refractivity contribution in [2.24, 2.45) is 7.05 Å². The lowest BCUT2D eigenvalue weighted by molar-refractivity contribution is 0.734. The van der Waals surface area contributed by atoms with Crippen LogP contribution >= 0.6 is 0 Å². The van der Waals surface area contributed by atoms with Gasteiger partial charge in [0.25, 0.3) is 0 Å². The second-order valence-electron chi connectivity index (χ2n) is 4.23. The quantitative estimate of drug-likeness (QED) is 0.730. The van der Waals surface area contributed by atoms with Crippen LogP contribution in [0.3, 0.4) is 0 Å². The van der Waals surface area contributed by atoms with Crippen molar-refractivity contribution in [1.29, 1.82) is 0 Å². The van der Waals surface area contributed by atoms with Crippen molar-refractivity contribution in [3.05, 3.63) is 29.6 Å². The van der Waals surface area contributed by atoms with Crippen LogP contribution in [-0.2, 0) is 20.0 Å². The SMILES string of the molecule is CCc1nn(C)cc1CNc1ccc2nnnn2n1. The molecule has 0 aliphatic rings. The Labute approximate surface area is 109 Å². The van der Waals surface area contributed by atoms with Crippen molar-refractivity contribution in [2.45, 2.75) is 19.9 Å². The molecular formula is C11H14N8. The van der Waals surface area contributed by atoms with Crippen LogP contribution in [-0.4, -0.2) is 35.0 Å². The molecule has 0 aromatic carbocycles. The fourth-order valence-electron chi connectivity index (χ4n) is 1.96. The largest absolute Gasteiger partial charge is 0.364 e. The van der Waals surface area contributed by atoms with Gasteiger partial charge in [0.1, 0.15) is 5.82 Å². The van der Waals surface area contributed by atoms with Gasteiger partial charge >= 0.3 is 0 Å². The number of aryl methyl sites for hydroxylation is 2. The van der Waals surface area contributed by atoms with Gasteiger partial charge in [-0.05, 0) is 29.0 Å². The fourth-order valence-corrected chi connectivity index (χ4v) is 1.96. The Morgan fingerprint density at radius 3 is 3.00 bits per heavy atom. The summed E-state index contributed by atoms with van der Waals surface area (Å²) in [6.45, 7) is 2.77. The molecule has 0 atom stereocenters. The molecule has 3 aromatic rings. The third-order valence-corrected chi connectivity index (χ3v) is 2.86. The van der Waals surface area contributed by atoms with Crippen LogP contribution in [0.2, 0.25) is 0 Å². The summed E-state index contributed by atoms with van der Waals surface area (Å²) < 4.78 is 3.22. The van der Waals surface area contributed by atoms with Gasteiger partial charge in [-0.15, -0.1) is 14.8 Å². The molecule has 3 aromatic heterocycles. The summed E-state index contributed by atoms with van der Waals surface area (Å²) in [5.41, 5.74) is 2.89. The summed E-state index contributed by atoms with van der Waals surface area (Å²) in [7, 11) is 1.92. The highest BCUT2D eigenvalue weighted by Crippen LogP contribution is 2.10. The predicted octanol–water partition coefficient (Wildman–Crippen LogP) is 0.427. The third kappa shape index (κ3) is 2.24. The predicted molar refractivity (Wildman–Crippen MR) is 68.5 cm³/mol. The Bertz CT molecular complexity index is 698. The van der Waals surface area contributed by atoms with Crippen molar-refractivity contribution in [2.75, 3.05) is 5.32 Å². The van der Waals surface area contributed by atoms with E-state index in [1.165, 1.54) is 10.2 Å². The van der Waals surface area contributed by atoms with Gasteiger partial charge in [-0.25, -0.2) is 0 Å². The topological polar surface area (TPSA) is 85.8 Å². The van der Waals surface area contributed by atoms with Gasteiger partial charge in [0.2, 0.25) is 0 Å². The summed E-state index contributed by atoms with van der Waals surface area (Å²) in [4.78, 5) is 0. The molecule has 0 unspecified atom stereocenters. The number of hydrogen-bond donors (Lipinski definition) is 1. The molecule has 0 spiro atoms. The van der Waals surface area contributed by atoms with Gasteiger partial charge in [0.15, 0.2) is 5.65 Å². The van der Waals surface area contributed by atoms with E-state index in [2.05, 4.69) is 38.0 Å². The summed E-state index contributed by atoms with van der Waals surface area (Å²) in [5, 5.41) is 23.0. The smallest absolute Gasteiger partial charge is 0.200 e. The van der Waals surface area contributed by atoms with Crippen LogP contribution in [0.25, 0.3) is 5.65 Å². The summed E-state index contributed by atoms with van der Waals surface area (Å²) in [5.74, 6) is 0.728. The van der Waals surface area contributed by atoms with Gasteiger partial charge in [0, 0.05) is 25.4 Å². The number of hydrogen-bond acceptors (Lipinski definition) is 6. The number of aromatic nitrogens is 7. The molecule has 19 heavy (non-hydrogen) atoms. The van der Waals surface area contributed by atoms with Gasteiger partial charge in [-0.2, -0.15) is 5.10 Å². The van der Waals surface area contributed by atoms with Crippen molar-refractivity contribution >= 4 is 11.5 Å². The molecule has 8 nitrogen and oxygen atoms in total. The van der Waals surface area contributed by atoms with E-state index in [-0.39, 0.29) is 0 Å². The number of rotatable bonds is 4. The molecule has 0 amide bonds. The number of nitrogens with one attached hydrogen (secondary N) is 1. The number of nitrogens with zero attached hydrogens (tertiary/aromatic N) is 7. The molecule has 98 valence electrons. The standard InChI is InChI=1S/C11H14N8/c1-3-9-8(7-18(2)14-9)6-12-10-4-5-11-13-16-17-19(11)15-10/h4-5,7H,3,6H2,1-2H3,(H,12,15). The molecule has 0 saturated carbocycles. The minimum Gasteiger partial charge on any atom is -0.364 e. The Balaban J connectivity index is 1.77. The van der Waals surface area contributed by atoms with E-state index in [4.69, 9.17) is 0 Å². The molecule has 1 N–H and O–H groups in total. The van der Waals surface area contributed by atoms with Crippen LogP contribution in [0.4, 0.5) is 5.82 Å². The Morgan fingerprint density at radius 2 is 2.16 bits per heavy atom. The van der Waals surface area contributed by atoms with E-state index in [9.17, 15) is 0 Å². The van der Waals surface area contributed by atoms with E-state index in [0.717, 1.165) is 17.9 Å². The van der Waals surface area contributed by atoms with Crippen LogP contribution in [0.5, 0.6) is 0 Å². The second kappa shape index (κ2) is 4.63. The van der Waals surface area contributed by atoms with Crippen LogP contribution in [0.15, 0.2) is 18.3 Å². The van der Waals surface area contributed by atoms with E-state index < -0.39 is 0 Å². The Kier molecular flexibility index (Phi) is 2.82. The van der Waals surface area contributed by atoms with Crippen LogP contribution in [0, 0.1) is 0 Å². The number of anilines is 1. The third-order valence-electron chi connectivity index (χ3n) is 2.86. The molecule has 0 aliphatic heterocycles. The lowest BCUT2D eigenvalue weighted by Crippen LogP contribution is -2.05. The van der Waals surface area contributed by atoms with Crippen molar-refractivity contribution in [1.82, 2.24) is 35.0 Å². The fraction of sp³-hybridized carbons (Fsp3) is 0.364. The van der Waals surface area contributed by atoms with Crippen LogP contribution < -0.4 is 5.32 Å². The molecule has 0 bridgehead atoms. The Morgan fingerprint density at radius 1 is 1.26 bits per heavy atom. The average molecular weight is 258 g/mol. The number of tetrazole rings is 1. The van der Waals surface area contributed by atoms with Gasteiger partial charge in [-0.1, -0.05) is 6.92 Å². The maximum absolute atomic E-state index is 4.40. The minimum absolute atomic E-state index is 0.626. The van der Waals surface area contributed by atoms with Crippen molar-refractivity contribution in [3.63, 3.8) is 0 Å². The average Bonchev–Trinajstić information content (AvgIpc) is 3.01. The first-order valence-corrected chi connectivity index (χ1v) is 6.07. The molecule has 3 rings (SSSR count). The lowest BCUT2D eigenvalue weighted by Gasteiger charge is -2.04. The molecule has 0 radical (unpaired) electrons. The minimum atomic E-state index is 0.626. The molecule has 0 saturated heterocycles. The maximum Gasteiger partial charge on any atom is 0.200 e. The first-order valence-electron chi connectivity index (χ1n) is 6.07. The number of fused-ring (bicyclic) bond motifs is 1. The van der Waals surface area contributed by atoms with Gasteiger partial charge in [0.05, 0.1) is 5.69 Å². The van der Waals surface area contributed by atoms with Crippen molar-refractivity contribution in [3.8, 4) is 0 Å². The summed E-state index contributed by atoms with van der Waals surface area (Å²) >= 11 is 0. The zero-order chi connectivity index (χ0) is 13.2. The van der Waals surface area contributed by atoms with Gasteiger partial charge in [-0.3, -0.25) is 4.68 Å². The lowest BCUT2D eigenvalue weighted by atomic mass is 10.2. The molecule has 0 aliphatic carbocycles. The van der Waals surface area contributed by atoms with E-state index in [1.807, 2.05) is 30.1 Å². The zero-order valence-corrected chi connectivity index (χ0v) is 10.8. The van der Waals surface area contributed by atoms with Gasteiger partial charge < -0.3 is 5.32 Å². The highest BCUT2D eigenvalue weighted by atomic mass is 15.6. The highest BCUT2D eigenvalue weighted by Gasteiger charge is 2.06. The molecule has 0 fully saturated rings. The highest BCUT2D eigenvalue weighted by molar-refractivity contribution is 5.42. The maximum atomic E-state index is 4.40. The Hall–Kier alpha value is -2.51. The van der Waals surface area contributed by atoms with E-state index >= 15 is 0 Å². The summed E-state index contributed by atoms with van der Waals surface area (Å²) in [6, 6.07) is 3.67. The first kappa shape index (κ1) is 11.6.